The maximum Gasteiger partial charge on any atom is 0.0705 e. The van der Waals surface area contributed by atoms with Gasteiger partial charge in [0.1, 0.15) is 0 Å². The molecule has 0 saturated carbocycles. The minimum atomic E-state index is 0.453. The highest BCUT2D eigenvalue weighted by Crippen LogP contribution is 2.15. The molecule has 2 rings (SSSR count). The first-order valence-electron chi connectivity index (χ1n) is 6.96. The number of hydrogen-bond acceptors (Lipinski definition) is 3. The lowest BCUT2D eigenvalue weighted by atomic mass is 10.1. The zero-order valence-electron chi connectivity index (χ0n) is 12.0. The quantitative estimate of drug-likeness (QED) is 0.835. The molecule has 1 aromatic heterocycles. The molecule has 1 aromatic carbocycles. The van der Waals surface area contributed by atoms with Crippen LogP contribution in [-0.2, 0) is 6.54 Å². The molecule has 1 atom stereocenters. The predicted octanol–water partition coefficient (Wildman–Crippen LogP) is 2.71. The fourth-order valence-corrected chi connectivity index (χ4v) is 2.08. The zero-order valence-corrected chi connectivity index (χ0v) is 12.0. The average Bonchev–Trinajstić information content (AvgIpc) is 2.42. The van der Waals surface area contributed by atoms with Gasteiger partial charge in [0.25, 0.3) is 0 Å². The number of para-hydroxylation sites is 1. The lowest BCUT2D eigenvalue weighted by molar-refractivity contribution is 0.474. The van der Waals surface area contributed by atoms with Crippen LogP contribution < -0.4 is 10.6 Å². The molecule has 0 amide bonds. The summed E-state index contributed by atoms with van der Waals surface area (Å²) in [7, 11) is 0. The fraction of sp³-hybridized carbons (Fsp3) is 0.438. The summed E-state index contributed by atoms with van der Waals surface area (Å²) in [6, 6.07) is 11.4. The number of pyridine rings is 1. The molecule has 1 heterocycles. The first-order chi connectivity index (χ1) is 9.16. The number of rotatable bonds is 6. The Labute approximate surface area is 115 Å². The summed E-state index contributed by atoms with van der Waals surface area (Å²) in [4.78, 5) is 4.39. The molecule has 1 unspecified atom stereocenters. The van der Waals surface area contributed by atoms with Gasteiger partial charge in [0.15, 0.2) is 0 Å². The van der Waals surface area contributed by atoms with E-state index >= 15 is 0 Å². The van der Waals surface area contributed by atoms with Gasteiger partial charge in [0.05, 0.1) is 5.52 Å². The molecule has 2 N–H and O–H groups in total. The van der Waals surface area contributed by atoms with Crippen molar-refractivity contribution in [3.05, 3.63) is 42.1 Å². The Bertz CT molecular complexity index is 517. The summed E-state index contributed by atoms with van der Waals surface area (Å²) in [6.07, 6.45) is 1.89. The minimum Gasteiger partial charge on any atom is -0.313 e. The molecule has 0 fully saturated rings. The van der Waals surface area contributed by atoms with Gasteiger partial charge in [-0.2, -0.15) is 0 Å². The molecule has 102 valence electrons. The Morgan fingerprint density at radius 3 is 2.63 bits per heavy atom. The summed E-state index contributed by atoms with van der Waals surface area (Å²) < 4.78 is 0. The number of nitrogens with zero attached hydrogens (tertiary/aromatic N) is 1. The van der Waals surface area contributed by atoms with Gasteiger partial charge >= 0.3 is 0 Å². The highest BCUT2D eigenvalue weighted by atomic mass is 15.0. The molecule has 0 aliphatic heterocycles. The molecule has 0 aliphatic carbocycles. The Morgan fingerprint density at radius 1 is 1.05 bits per heavy atom. The van der Waals surface area contributed by atoms with Gasteiger partial charge in [-0.15, -0.1) is 0 Å². The summed E-state index contributed by atoms with van der Waals surface area (Å²) in [5.74, 6) is 0. The summed E-state index contributed by atoms with van der Waals surface area (Å²) in [5.41, 5.74) is 2.37. The van der Waals surface area contributed by atoms with Crippen LogP contribution in [0.15, 0.2) is 36.5 Å². The van der Waals surface area contributed by atoms with E-state index in [1.807, 2.05) is 12.3 Å². The Hall–Kier alpha value is -1.45. The smallest absolute Gasteiger partial charge is 0.0705 e. The number of fused-ring (bicyclic) bond motifs is 1. The molecule has 0 saturated heterocycles. The molecular weight excluding hydrogens is 234 g/mol. The fourth-order valence-electron chi connectivity index (χ4n) is 2.08. The second-order valence-corrected chi connectivity index (χ2v) is 5.33. The normalized spacial score (nSPS) is 13.1. The molecule has 2 aromatic rings. The van der Waals surface area contributed by atoms with Crippen molar-refractivity contribution in [2.45, 2.75) is 39.4 Å². The lowest BCUT2D eigenvalue weighted by Gasteiger charge is -2.17. The first-order valence-corrected chi connectivity index (χ1v) is 6.96. The van der Waals surface area contributed by atoms with Gasteiger partial charge in [-0.1, -0.05) is 32.0 Å². The van der Waals surface area contributed by atoms with Crippen molar-refractivity contribution < 1.29 is 0 Å². The van der Waals surface area contributed by atoms with Gasteiger partial charge in [-0.05, 0) is 24.6 Å². The van der Waals surface area contributed by atoms with Crippen LogP contribution in [0.5, 0.6) is 0 Å². The lowest BCUT2D eigenvalue weighted by Crippen LogP contribution is -2.38. The second kappa shape index (κ2) is 6.64. The number of benzene rings is 1. The van der Waals surface area contributed by atoms with Crippen LogP contribution in [0.1, 0.15) is 26.3 Å². The monoisotopic (exact) mass is 257 g/mol. The van der Waals surface area contributed by atoms with E-state index in [4.69, 9.17) is 0 Å². The van der Waals surface area contributed by atoms with Crippen LogP contribution in [0.2, 0.25) is 0 Å². The molecule has 3 nitrogen and oxygen atoms in total. The van der Waals surface area contributed by atoms with E-state index in [2.05, 4.69) is 60.7 Å². The average molecular weight is 257 g/mol. The Kier molecular flexibility index (Phi) is 4.88. The third-order valence-electron chi connectivity index (χ3n) is 3.21. The van der Waals surface area contributed by atoms with E-state index in [0.717, 1.165) is 18.6 Å². The van der Waals surface area contributed by atoms with Crippen LogP contribution in [0.25, 0.3) is 10.9 Å². The van der Waals surface area contributed by atoms with Crippen molar-refractivity contribution >= 4 is 10.9 Å². The summed E-state index contributed by atoms with van der Waals surface area (Å²) in [5, 5.41) is 8.24. The topological polar surface area (TPSA) is 37.0 Å². The maximum absolute atomic E-state index is 4.39. The van der Waals surface area contributed by atoms with E-state index in [0.29, 0.717) is 12.1 Å². The Morgan fingerprint density at radius 2 is 1.84 bits per heavy atom. The van der Waals surface area contributed by atoms with Crippen molar-refractivity contribution in [1.29, 1.82) is 0 Å². The van der Waals surface area contributed by atoms with Crippen LogP contribution in [-0.4, -0.2) is 23.6 Å². The molecule has 0 spiro atoms. The van der Waals surface area contributed by atoms with Gasteiger partial charge in [0.2, 0.25) is 0 Å². The molecule has 3 heteroatoms. The largest absolute Gasteiger partial charge is 0.313 e. The zero-order chi connectivity index (χ0) is 13.7. The molecule has 19 heavy (non-hydrogen) atoms. The molecule has 0 radical (unpaired) electrons. The summed E-state index contributed by atoms with van der Waals surface area (Å²) in [6.45, 7) is 8.41. The van der Waals surface area contributed by atoms with Gasteiger partial charge < -0.3 is 10.6 Å². The van der Waals surface area contributed by atoms with Crippen LogP contribution >= 0.6 is 0 Å². The number of nitrogens with one attached hydrogen (secondary N) is 2. The molecule has 0 aliphatic rings. The predicted molar refractivity (Wildman–Crippen MR) is 81.2 cm³/mol. The van der Waals surface area contributed by atoms with E-state index in [1.165, 1.54) is 10.9 Å². The third-order valence-corrected chi connectivity index (χ3v) is 3.21. The highest BCUT2D eigenvalue weighted by molar-refractivity contribution is 5.81. The van der Waals surface area contributed by atoms with Crippen molar-refractivity contribution in [3.8, 4) is 0 Å². The third kappa shape index (κ3) is 4.01. The van der Waals surface area contributed by atoms with Gasteiger partial charge in [0, 0.05) is 36.8 Å². The van der Waals surface area contributed by atoms with Crippen molar-refractivity contribution in [2.75, 3.05) is 6.54 Å². The Balaban J connectivity index is 1.98. The SMILES string of the molecule is CC(C)NCC(C)NCc1ccnc2ccccc12. The second-order valence-electron chi connectivity index (χ2n) is 5.33. The van der Waals surface area contributed by atoms with E-state index in [1.54, 1.807) is 0 Å². The summed E-state index contributed by atoms with van der Waals surface area (Å²) >= 11 is 0. The van der Waals surface area contributed by atoms with Crippen LogP contribution in [0.3, 0.4) is 0 Å². The van der Waals surface area contributed by atoms with E-state index in [9.17, 15) is 0 Å². The van der Waals surface area contributed by atoms with Crippen molar-refractivity contribution in [1.82, 2.24) is 15.6 Å². The van der Waals surface area contributed by atoms with Gasteiger partial charge in [-0.3, -0.25) is 4.98 Å². The standard InChI is InChI=1S/C16H23N3/c1-12(2)18-10-13(3)19-11-14-8-9-17-16-7-5-4-6-15(14)16/h4-9,12-13,18-19H,10-11H2,1-3H3. The van der Waals surface area contributed by atoms with Crippen molar-refractivity contribution in [3.63, 3.8) is 0 Å². The molecular formula is C16H23N3. The molecule has 0 bridgehead atoms. The van der Waals surface area contributed by atoms with Gasteiger partial charge in [-0.25, -0.2) is 0 Å². The minimum absolute atomic E-state index is 0.453. The van der Waals surface area contributed by atoms with E-state index in [-0.39, 0.29) is 0 Å². The first kappa shape index (κ1) is 14.0. The highest BCUT2D eigenvalue weighted by Gasteiger charge is 2.05. The number of hydrogen-bond donors (Lipinski definition) is 2. The number of aromatic nitrogens is 1. The maximum atomic E-state index is 4.39. The van der Waals surface area contributed by atoms with Crippen molar-refractivity contribution in [2.24, 2.45) is 0 Å². The van der Waals surface area contributed by atoms with Crippen LogP contribution in [0, 0.1) is 0 Å². The van der Waals surface area contributed by atoms with Crippen LogP contribution in [0.4, 0.5) is 0 Å². The van der Waals surface area contributed by atoms with E-state index < -0.39 is 0 Å².